The van der Waals surface area contributed by atoms with E-state index in [0.29, 0.717) is 5.92 Å². The number of benzene rings is 2. The monoisotopic (exact) mass is 352 g/mol. The average molecular weight is 353 g/mol. The van der Waals surface area contributed by atoms with Crippen LogP contribution in [0.1, 0.15) is 37.8 Å². The molecule has 0 bridgehead atoms. The zero-order chi connectivity index (χ0) is 17.6. The summed E-state index contributed by atoms with van der Waals surface area (Å²) >= 11 is 6.08. The highest BCUT2D eigenvalue weighted by Gasteiger charge is 2.17. The molecule has 3 rings (SSSR count). The Hall–Kier alpha value is -1.90. The number of nitrogens with one attached hydrogen (secondary N) is 1. The fourth-order valence-corrected chi connectivity index (χ4v) is 3.43. The molecule has 0 aliphatic carbocycles. The third-order valence-corrected chi connectivity index (χ3v) is 5.15. The van der Waals surface area contributed by atoms with Gasteiger partial charge in [-0.15, -0.1) is 0 Å². The standard InChI is InChI=1S/C22H25ClN2/c1-16(18-6-4-3-5-7-18)22(20-8-10-21(23)11-9-20)25-17(2)19-12-14-24-15-13-19/h3-11,19,24H,12-15H2,1-2H3/b22-16+,25-17?. The number of hydrogen-bond acceptors (Lipinski definition) is 2. The molecule has 1 saturated heterocycles. The van der Waals surface area contributed by atoms with E-state index in [1.54, 1.807) is 0 Å². The summed E-state index contributed by atoms with van der Waals surface area (Å²) in [6.07, 6.45) is 2.32. The van der Waals surface area contributed by atoms with E-state index in [0.717, 1.165) is 42.2 Å². The minimum absolute atomic E-state index is 0.562. The molecular weight excluding hydrogens is 328 g/mol. The van der Waals surface area contributed by atoms with Crippen molar-refractivity contribution in [2.45, 2.75) is 26.7 Å². The summed E-state index contributed by atoms with van der Waals surface area (Å²) in [5.74, 6) is 0.562. The largest absolute Gasteiger partial charge is 0.317 e. The van der Waals surface area contributed by atoms with Crippen molar-refractivity contribution in [3.63, 3.8) is 0 Å². The fraction of sp³-hybridized carbons (Fsp3) is 0.318. The summed E-state index contributed by atoms with van der Waals surface area (Å²) in [6, 6.07) is 18.5. The Morgan fingerprint density at radius 1 is 0.920 bits per heavy atom. The molecule has 3 heteroatoms. The van der Waals surface area contributed by atoms with E-state index in [-0.39, 0.29) is 0 Å². The van der Waals surface area contributed by atoms with Crippen LogP contribution in [-0.4, -0.2) is 18.8 Å². The highest BCUT2D eigenvalue weighted by Crippen LogP contribution is 2.29. The summed E-state index contributed by atoms with van der Waals surface area (Å²) in [5, 5.41) is 4.18. The third-order valence-electron chi connectivity index (χ3n) is 4.90. The lowest BCUT2D eigenvalue weighted by Gasteiger charge is -2.23. The first-order valence-corrected chi connectivity index (χ1v) is 9.31. The molecule has 130 valence electrons. The van der Waals surface area contributed by atoms with Gasteiger partial charge in [0.2, 0.25) is 0 Å². The van der Waals surface area contributed by atoms with Gasteiger partial charge in [-0.25, -0.2) is 0 Å². The molecule has 1 N–H and O–H groups in total. The molecule has 1 heterocycles. The van der Waals surface area contributed by atoms with E-state index < -0.39 is 0 Å². The molecule has 0 radical (unpaired) electrons. The van der Waals surface area contributed by atoms with Crippen molar-refractivity contribution in [2.24, 2.45) is 10.9 Å². The first kappa shape index (κ1) is 17.9. The van der Waals surface area contributed by atoms with Crippen LogP contribution in [0.4, 0.5) is 0 Å². The first-order chi connectivity index (χ1) is 12.1. The van der Waals surface area contributed by atoms with Gasteiger partial charge < -0.3 is 5.32 Å². The Bertz CT molecular complexity index is 754. The Balaban J connectivity index is 2.04. The maximum absolute atomic E-state index is 6.08. The summed E-state index contributed by atoms with van der Waals surface area (Å²) in [5.41, 5.74) is 5.77. The van der Waals surface area contributed by atoms with Crippen molar-refractivity contribution in [3.05, 3.63) is 70.7 Å². The van der Waals surface area contributed by atoms with Crippen molar-refractivity contribution in [1.29, 1.82) is 0 Å². The van der Waals surface area contributed by atoms with Crippen molar-refractivity contribution >= 4 is 28.6 Å². The number of allylic oxidation sites excluding steroid dienone is 1. The van der Waals surface area contributed by atoms with Gasteiger partial charge in [-0.05, 0) is 69.0 Å². The molecule has 0 atom stereocenters. The minimum atomic E-state index is 0.562. The maximum atomic E-state index is 6.08. The van der Waals surface area contributed by atoms with Gasteiger partial charge >= 0.3 is 0 Å². The van der Waals surface area contributed by atoms with Crippen molar-refractivity contribution < 1.29 is 0 Å². The zero-order valence-electron chi connectivity index (χ0n) is 14.9. The number of nitrogens with zero attached hydrogens (tertiary/aromatic N) is 1. The zero-order valence-corrected chi connectivity index (χ0v) is 15.7. The lowest BCUT2D eigenvalue weighted by atomic mass is 9.93. The minimum Gasteiger partial charge on any atom is -0.317 e. The molecule has 0 unspecified atom stereocenters. The Morgan fingerprint density at radius 3 is 2.20 bits per heavy atom. The summed E-state index contributed by atoms with van der Waals surface area (Å²) < 4.78 is 0. The van der Waals surface area contributed by atoms with Crippen LogP contribution < -0.4 is 5.32 Å². The van der Waals surface area contributed by atoms with E-state index in [1.807, 2.05) is 18.2 Å². The van der Waals surface area contributed by atoms with Crippen LogP contribution in [0.5, 0.6) is 0 Å². The fourth-order valence-electron chi connectivity index (χ4n) is 3.30. The van der Waals surface area contributed by atoms with Crippen LogP contribution in [-0.2, 0) is 0 Å². The number of aliphatic imine (C=N–C) groups is 1. The quantitative estimate of drug-likeness (QED) is 0.554. The number of hydrogen-bond donors (Lipinski definition) is 1. The predicted molar refractivity (Wildman–Crippen MR) is 109 cm³/mol. The summed E-state index contributed by atoms with van der Waals surface area (Å²) in [6.45, 7) is 6.48. The highest BCUT2D eigenvalue weighted by molar-refractivity contribution is 6.30. The normalized spacial score (nSPS) is 17.3. The van der Waals surface area contributed by atoms with Crippen LogP contribution in [0.3, 0.4) is 0 Å². The van der Waals surface area contributed by atoms with Gasteiger partial charge in [0.25, 0.3) is 0 Å². The second-order valence-electron chi connectivity index (χ2n) is 6.62. The van der Waals surface area contributed by atoms with Crippen molar-refractivity contribution in [1.82, 2.24) is 5.32 Å². The first-order valence-electron chi connectivity index (χ1n) is 8.93. The van der Waals surface area contributed by atoms with Crippen LogP contribution >= 0.6 is 11.6 Å². The Labute approximate surface area is 155 Å². The topological polar surface area (TPSA) is 24.4 Å². The van der Waals surface area contributed by atoms with E-state index in [1.165, 1.54) is 16.8 Å². The number of halogens is 1. The molecule has 1 aliphatic rings. The molecule has 2 nitrogen and oxygen atoms in total. The third kappa shape index (κ3) is 4.59. The molecule has 0 spiro atoms. The van der Waals surface area contributed by atoms with Gasteiger partial charge in [0.15, 0.2) is 0 Å². The summed E-state index contributed by atoms with van der Waals surface area (Å²) in [7, 11) is 0. The Kier molecular flexibility index (Phi) is 6.06. The maximum Gasteiger partial charge on any atom is 0.0736 e. The van der Waals surface area contributed by atoms with Crippen LogP contribution in [0.15, 0.2) is 59.6 Å². The molecule has 1 aliphatic heterocycles. The lowest BCUT2D eigenvalue weighted by molar-refractivity contribution is 0.455. The molecule has 25 heavy (non-hydrogen) atoms. The lowest BCUT2D eigenvalue weighted by Crippen LogP contribution is -2.31. The molecule has 2 aromatic carbocycles. The van der Waals surface area contributed by atoms with E-state index in [9.17, 15) is 0 Å². The van der Waals surface area contributed by atoms with Gasteiger partial charge in [-0.2, -0.15) is 0 Å². The van der Waals surface area contributed by atoms with Crippen LogP contribution in [0.2, 0.25) is 5.02 Å². The molecular formula is C22H25ClN2. The van der Waals surface area contributed by atoms with Crippen molar-refractivity contribution in [3.8, 4) is 0 Å². The van der Waals surface area contributed by atoms with E-state index in [4.69, 9.17) is 16.6 Å². The van der Waals surface area contributed by atoms with E-state index >= 15 is 0 Å². The van der Waals surface area contributed by atoms with Gasteiger partial charge in [0.05, 0.1) is 5.70 Å². The van der Waals surface area contributed by atoms with Crippen molar-refractivity contribution in [2.75, 3.05) is 13.1 Å². The number of piperidine rings is 1. The Morgan fingerprint density at radius 2 is 1.56 bits per heavy atom. The van der Waals surface area contributed by atoms with Gasteiger partial charge in [0, 0.05) is 16.3 Å². The molecule has 1 fully saturated rings. The smallest absolute Gasteiger partial charge is 0.0736 e. The molecule has 0 amide bonds. The SMILES string of the molecule is CC(=N/C(=C(\C)c1ccccc1)c1ccc(Cl)cc1)C1CCNCC1. The average Bonchev–Trinajstić information content (AvgIpc) is 2.67. The van der Waals surface area contributed by atoms with Gasteiger partial charge in [-0.1, -0.05) is 54.1 Å². The molecule has 0 saturated carbocycles. The van der Waals surface area contributed by atoms with Gasteiger partial charge in [0.1, 0.15) is 0 Å². The predicted octanol–water partition coefficient (Wildman–Crippen LogP) is 5.69. The van der Waals surface area contributed by atoms with Crippen LogP contribution in [0, 0.1) is 5.92 Å². The van der Waals surface area contributed by atoms with Crippen LogP contribution in [0.25, 0.3) is 11.3 Å². The summed E-state index contributed by atoms with van der Waals surface area (Å²) in [4.78, 5) is 5.10. The second kappa shape index (κ2) is 8.46. The molecule has 0 aromatic heterocycles. The molecule has 2 aromatic rings. The highest BCUT2D eigenvalue weighted by atomic mass is 35.5. The number of rotatable bonds is 4. The van der Waals surface area contributed by atoms with Gasteiger partial charge in [-0.3, -0.25) is 4.99 Å². The van der Waals surface area contributed by atoms with E-state index in [2.05, 4.69) is 55.6 Å². The second-order valence-corrected chi connectivity index (χ2v) is 7.06.